The summed E-state index contributed by atoms with van der Waals surface area (Å²) in [5.41, 5.74) is 0. The SMILES string of the molecule is CCCCCCCCCCCCCCC/C=C/CCCC(CC(=O)OCCC)C(=O)O. The minimum absolute atomic E-state index is 0.0159. The molecule has 0 aliphatic rings. The molecule has 0 bridgehead atoms. The predicted molar refractivity (Wildman–Crippen MR) is 130 cm³/mol. The lowest BCUT2D eigenvalue weighted by Gasteiger charge is -2.11. The van der Waals surface area contributed by atoms with Crippen LogP contribution in [0.3, 0.4) is 0 Å². The van der Waals surface area contributed by atoms with E-state index in [1.165, 1.54) is 83.5 Å². The lowest BCUT2D eigenvalue weighted by molar-refractivity contribution is -0.151. The van der Waals surface area contributed by atoms with E-state index in [0.717, 1.165) is 25.7 Å². The van der Waals surface area contributed by atoms with Gasteiger partial charge in [0.25, 0.3) is 0 Å². The zero-order valence-corrected chi connectivity index (χ0v) is 20.5. The first-order valence-electron chi connectivity index (χ1n) is 13.1. The van der Waals surface area contributed by atoms with Crippen molar-refractivity contribution in [3.8, 4) is 0 Å². The fourth-order valence-corrected chi connectivity index (χ4v) is 3.79. The first kappa shape index (κ1) is 29.7. The summed E-state index contributed by atoms with van der Waals surface area (Å²) in [7, 11) is 0. The maximum Gasteiger partial charge on any atom is 0.307 e. The summed E-state index contributed by atoms with van der Waals surface area (Å²) in [5, 5.41) is 9.27. The second kappa shape index (κ2) is 23.3. The second-order valence-corrected chi connectivity index (χ2v) is 8.89. The summed E-state index contributed by atoms with van der Waals surface area (Å²) in [4.78, 5) is 22.9. The Morgan fingerprint density at radius 3 is 1.68 bits per heavy atom. The van der Waals surface area contributed by atoms with Gasteiger partial charge in [-0.1, -0.05) is 103 Å². The Kier molecular flexibility index (Phi) is 22.4. The summed E-state index contributed by atoms with van der Waals surface area (Å²) in [6.07, 6.45) is 26.4. The summed E-state index contributed by atoms with van der Waals surface area (Å²) in [6.45, 7) is 4.56. The zero-order chi connectivity index (χ0) is 23.0. The number of hydrogen-bond acceptors (Lipinski definition) is 3. The Hall–Kier alpha value is -1.32. The Labute approximate surface area is 192 Å². The summed E-state index contributed by atoms with van der Waals surface area (Å²) in [5.74, 6) is -1.92. The standard InChI is InChI=1S/C27H50O4/c1-3-5-6-7-8-9-10-11-12-13-14-15-16-17-18-19-20-21-22-25(27(29)30)24-26(28)31-23-4-2/h18-19,25H,3-17,20-24H2,1-2H3,(H,29,30)/b19-18+. The van der Waals surface area contributed by atoms with E-state index < -0.39 is 17.9 Å². The first-order valence-corrected chi connectivity index (χ1v) is 13.1. The molecular weight excluding hydrogens is 388 g/mol. The number of allylic oxidation sites excluding steroid dienone is 2. The fourth-order valence-electron chi connectivity index (χ4n) is 3.79. The molecule has 0 amide bonds. The molecule has 0 spiro atoms. The van der Waals surface area contributed by atoms with Crippen LogP contribution in [0.1, 0.15) is 136 Å². The summed E-state index contributed by atoms with van der Waals surface area (Å²) >= 11 is 0. The van der Waals surface area contributed by atoms with Gasteiger partial charge in [0.1, 0.15) is 0 Å². The van der Waals surface area contributed by atoms with Gasteiger partial charge in [-0.05, 0) is 38.5 Å². The van der Waals surface area contributed by atoms with E-state index in [1.54, 1.807) is 0 Å². The van der Waals surface area contributed by atoms with Crippen molar-refractivity contribution in [3.05, 3.63) is 12.2 Å². The number of carboxylic acid groups (broad SMARTS) is 1. The van der Waals surface area contributed by atoms with Crippen LogP contribution in [-0.2, 0) is 14.3 Å². The minimum atomic E-state index is -0.899. The molecule has 182 valence electrons. The number of carbonyl (C=O) groups is 2. The molecule has 0 saturated carbocycles. The molecule has 4 heteroatoms. The highest BCUT2D eigenvalue weighted by Crippen LogP contribution is 2.16. The van der Waals surface area contributed by atoms with E-state index in [0.29, 0.717) is 13.0 Å². The monoisotopic (exact) mass is 438 g/mol. The Balaban J connectivity index is 3.48. The number of esters is 1. The maximum absolute atomic E-state index is 11.6. The van der Waals surface area contributed by atoms with Crippen LogP contribution >= 0.6 is 0 Å². The van der Waals surface area contributed by atoms with Crippen molar-refractivity contribution in [2.24, 2.45) is 5.92 Å². The molecule has 1 atom stereocenters. The highest BCUT2D eigenvalue weighted by molar-refractivity contribution is 5.78. The third-order valence-corrected chi connectivity index (χ3v) is 5.79. The van der Waals surface area contributed by atoms with Crippen LogP contribution in [0.2, 0.25) is 0 Å². The lowest BCUT2D eigenvalue weighted by Crippen LogP contribution is -2.19. The summed E-state index contributed by atoms with van der Waals surface area (Å²) in [6, 6.07) is 0. The molecule has 4 nitrogen and oxygen atoms in total. The van der Waals surface area contributed by atoms with E-state index >= 15 is 0 Å². The number of rotatable bonds is 23. The van der Waals surface area contributed by atoms with Crippen molar-refractivity contribution in [1.29, 1.82) is 0 Å². The van der Waals surface area contributed by atoms with Gasteiger partial charge in [-0.15, -0.1) is 0 Å². The lowest BCUT2D eigenvalue weighted by atomic mass is 9.98. The van der Waals surface area contributed by atoms with Gasteiger partial charge in [0.2, 0.25) is 0 Å². The number of ether oxygens (including phenoxy) is 1. The van der Waals surface area contributed by atoms with Gasteiger partial charge in [0, 0.05) is 0 Å². The van der Waals surface area contributed by atoms with E-state index in [-0.39, 0.29) is 6.42 Å². The van der Waals surface area contributed by atoms with E-state index in [9.17, 15) is 14.7 Å². The topological polar surface area (TPSA) is 63.6 Å². The second-order valence-electron chi connectivity index (χ2n) is 8.89. The molecular formula is C27H50O4. The van der Waals surface area contributed by atoms with Crippen LogP contribution in [0.4, 0.5) is 0 Å². The molecule has 0 aromatic rings. The number of carboxylic acids is 1. The van der Waals surface area contributed by atoms with Gasteiger partial charge in [0.05, 0.1) is 18.9 Å². The average molecular weight is 439 g/mol. The van der Waals surface area contributed by atoms with Crippen LogP contribution in [0.5, 0.6) is 0 Å². The molecule has 1 N–H and O–H groups in total. The third kappa shape index (κ3) is 21.7. The van der Waals surface area contributed by atoms with E-state index in [4.69, 9.17) is 4.74 Å². The van der Waals surface area contributed by atoms with Gasteiger partial charge < -0.3 is 9.84 Å². The molecule has 1 unspecified atom stereocenters. The molecule has 0 aliphatic carbocycles. The largest absolute Gasteiger partial charge is 0.481 e. The molecule has 0 fully saturated rings. The highest BCUT2D eigenvalue weighted by Gasteiger charge is 2.21. The summed E-state index contributed by atoms with van der Waals surface area (Å²) < 4.78 is 5.00. The van der Waals surface area contributed by atoms with Crippen LogP contribution in [0.25, 0.3) is 0 Å². The maximum atomic E-state index is 11.6. The Morgan fingerprint density at radius 1 is 0.710 bits per heavy atom. The fraction of sp³-hybridized carbons (Fsp3) is 0.852. The molecule has 0 aromatic carbocycles. The van der Waals surface area contributed by atoms with Crippen molar-refractivity contribution in [2.75, 3.05) is 6.61 Å². The number of hydrogen-bond donors (Lipinski definition) is 1. The zero-order valence-electron chi connectivity index (χ0n) is 20.5. The van der Waals surface area contributed by atoms with Gasteiger partial charge in [-0.2, -0.15) is 0 Å². The molecule has 0 aromatic heterocycles. The molecule has 0 radical (unpaired) electrons. The number of carbonyl (C=O) groups excluding carboxylic acids is 1. The van der Waals surface area contributed by atoms with E-state index in [1.807, 2.05) is 6.92 Å². The highest BCUT2D eigenvalue weighted by atomic mass is 16.5. The van der Waals surface area contributed by atoms with E-state index in [2.05, 4.69) is 19.1 Å². The predicted octanol–water partition coefficient (Wildman–Crippen LogP) is 8.24. The van der Waals surface area contributed by atoms with Crippen LogP contribution in [0, 0.1) is 5.92 Å². The quantitative estimate of drug-likeness (QED) is 0.0991. The molecule has 0 aliphatic heterocycles. The molecule has 0 heterocycles. The van der Waals surface area contributed by atoms with Crippen molar-refractivity contribution >= 4 is 11.9 Å². The van der Waals surface area contributed by atoms with Crippen molar-refractivity contribution in [3.63, 3.8) is 0 Å². The van der Waals surface area contributed by atoms with Crippen molar-refractivity contribution < 1.29 is 19.4 Å². The molecule has 0 rings (SSSR count). The normalized spacial score (nSPS) is 12.3. The number of unbranched alkanes of at least 4 members (excludes halogenated alkanes) is 14. The van der Waals surface area contributed by atoms with Gasteiger partial charge in [-0.25, -0.2) is 0 Å². The van der Waals surface area contributed by atoms with Crippen LogP contribution in [-0.4, -0.2) is 23.7 Å². The smallest absolute Gasteiger partial charge is 0.307 e. The third-order valence-electron chi connectivity index (χ3n) is 5.79. The van der Waals surface area contributed by atoms with Crippen molar-refractivity contribution in [1.82, 2.24) is 0 Å². The molecule has 31 heavy (non-hydrogen) atoms. The average Bonchev–Trinajstić information content (AvgIpc) is 2.75. The van der Waals surface area contributed by atoms with Gasteiger partial charge in [0.15, 0.2) is 0 Å². The van der Waals surface area contributed by atoms with Crippen LogP contribution in [0.15, 0.2) is 12.2 Å². The van der Waals surface area contributed by atoms with Gasteiger partial charge >= 0.3 is 11.9 Å². The molecule has 0 saturated heterocycles. The number of aliphatic carboxylic acids is 1. The first-order chi connectivity index (χ1) is 15.1. The van der Waals surface area contributed by atoms with Crippen molar-refractivity contribution in [2.45, 2.75) is 136 Å². The Bertz CT molecular complexity index is 445. The van der Waals surface area contributed by atoms with Crippen LogP contribution < -0.4 is 0 Å². The Morgan fingerprint density at radius 2 is 1.19 bits per heavy atom. The minimum Gasteiger partial charge on any atom is -0.481 e. The van der Waals surface area contributed by atoms with Gasteiger partial charge in [-0.3, -0.25) is 9.59 Å².